The molecule has 29 heavy (non-hydrogen) atoms. The molecule has 0 fully saturated rings. The molecule has 148 valence electrons. The van der Waals surface area contributed by atoms with Gasteiger partial charge in [-0.25, -0.2) is 9.97 Å². The number of aldehydes is 1. The number of oxazole rings is 1. The molecule has 0 saturated heterocycles. The molecule has 4 rings (SSSR count). The molecule has 2 aromatic carbocycles. The fraction of sp³-hybridized carbons (Fsp3) is 0.227. The van der Waals surface area contributed by atoms with E-state index in [-0.39, 0.29) is 0 Å². The lowest BCUT2D eigenvalue weighted by Gasteiger charge is -2.12. The van der Waals surface area contributed by atoms with E-state index in [0.717, 1.165) is 28.6 Å². The first-order valence-electron chi connectivity index (χ1n) is 9.33. The zero-order chi connectivity index (χ0) is 20.4. The number of hydrogen-bond donors (Lipinski definition) is 1. The normalized spacial score (nSPS) is 11.3. The number of nitrogens with one attached hydrogen (secondary N) is 1. The molecule has 2 aromatic heterocycles. The van der Waals surface area contributed by atoms with Crippen molar-refractivity contribution in [2.24, 2.45) is 5.92 Å². The maximum atomic E-state index is 11.0. The van der Waals surface area contributed by atoms with Crippen molar-refractivity contribution >= 4 is 28.9 Å². The topological polar surface area (TPSA) is 81.0 Å². The molecule has 0 aliphatic heterocycles. The number of carbonyl (C=O) groups is 1. The van der Waals surface area contributed by atoms with Crippen LogP contribution < -0.4 is 4.74 Å². The number of benzene rings is 2. The third-order valence-corrected chi connectivity index (χ3v) is 4.61. The Morgan fingerprint density at radius 3 is 2.86 bits per heavy atom. The second-order valence-corrected chi connectivity index (χ2v) is 7.68. The van der Waals surface area contributed by atoms with Crippen LogP contribution in [-0.2, 0) is 6.42 Å². The van der Waals surface area contributed by atoms with Gasteiger partial charge in [0.05, 0.1) is 24.1 Å². The summed E-state index contributed by atoms with van der Waals surface area (Å²) < 4.78 is 11.6. The Balaban J connectivity index is 1.58. The van der Waals surface area contributed by atoms with Crippen molar-refractivity contribution in [1.82, 2.24) is 15.0 Å². The minimum absolute atomic E-state index is 0.416. The average molecular weight is 410 g/mol. The monoisotopic (exact) mass is 409 g/mol. The summed E-state index contributed by atoms with van der Waals surface area (Å²) in [5.74, 6) is 2.30. The van der Waals surface area contributed by atoms with Crippen molar-refractivity contribution in [3.63, 3.8) is 0 Å². The number of imidazole rings is 1. The number of fused-ring (bicyclic) bond motifs is 1. The molecule has 0 amide bonds. The number of halogens is 1. The van der Waals surface area contributed by atoms with Crippen LogP contribution >= 0.6 is 11.6 Å². The molecule has 0 aliphatic rings. The number of rotatable bonds is 7. The van der Waals surface area contributed by atoms with Crippen molar-refractivity contribution in [2.75, 3.05) is 6.61 Å². The molecular weight excluding hydrogens is 390 g/mol. The van der Waals surface area contributed by atoms with E-state index in [4.69, 9.17) is 20.8 Å². The third kappa shape index (κ3) is 4.32. The Labute approximate surface area is 172 Å². The molecule has 7 heteroatoms. The molecule has 0 saturated carbocycles. The van der Waals surface area contributed by atoms with E-state index >= 15 is 0 Å². The zero-order valence-electron chi connectivity index (χ0n) is 16.1. The van der Waals surface area contributed by atoms with Crippen LogP contribution in [0.5, 0.6) is 5.75 Å². The lowest BCUT2D eigenvalue weighted by Crippen LogP contribution is -2.06. The summed E-state index contributed by atoms with van der Waals surface area (Å²) in [6.07, 6.45) is 2.81. The van der Waals surface area contributed by atoms with Gasteiger partial charge in [0.1, 0.15) is 24.0 Å². The zero-order valence-corrected chi connectivity index (χ0v) is 16.9. The SMILES string of the molecule is CC(C)COc1ccc(Cl)cc1Cc1nc(-c2nc3ccc(C=O)cc3[nH]2)co1. The summed E-state index contributed by atoms with van der Waals surface area (Å²) in [6.45, 7) is 4.82. The van der Waals surface area contributed by atoms with Crippen LogP contribution in [0.4, 0.5) is 0 Å². The van der Waals surface area contributed by atoms with Gasteiger partial charge in [0, 0.05) is 16.1 Å². The molecule has 0 radical (unpaired) electrons. The highest BCUT2D eigenvalue weighted by molar-refractivity contribution is 6.30. The van der Waals surface area contributed by atoms with Gasteiger partial charge in [-0.1, -0.05) is 25.4 Å². The standard InChI is InChI=1S/C22H20ClN3O3/c1-13(2)11-28-20-6-4-16(23)8-15(20)9-21-24-19(12-29-21)22-25-17-5-3-14(10-27)7-18(17)26-22/h3-8,10,12-13H,9,11H2,1-2H3,(H,25,26). The number of aromatic amines is 1. The van der Waals surface area contributed by atoms with Crippen LogP contribution in [0.3, 0.4) is 0 Å². The number of ether oxygens (including phenoxy) is 1. The minimum atomic E-state index is 0.416. The number of nitrogens with zero attached hydrogens (tertiary/aromatic N) is 2. The van der Waals surface area contributed by atoms with E-state index in [9.17, 15) is 4.79 Å². The predicted molar refractivity (Wildman–Crippen MR) is 112 cm³/mol. The van der Waals surface area contributed by atoms with E-state index in [0.29, 0.717) is 46.9 Å². The fourth-order valence-corrected chi connectivity index (χ4v) is 3.16. The summed E-state index contributed by atoms with van der Waals surface area (Å²) in [4.78, 5) is 23.2. The van der Waals surface area contributed by atoms with Crippen LogP contribution in [0.2, 0.25) is 5.02 Å². The smallest absolute Gasteiger partial charge is 0.199 e. The summed E-state index contributed by atoms with van der Waals surface area (Å²) in [6, 6.07) is 10.8. The molecule has 0 spiro atoms. The fourth-order valence-electron chi connectivity index (χ4n) is 2.97. The summed E-state index contributed by atoms with van der Waals surface area (Å²) in [7, 11) is 0. The van der Waals surface area contributed by atoms with Crippen LogP contribution in [0.25, 0.3) is 22.6 Å². The Bertz CT molecular complexity index is 1160. The van der Waals surface area contributed by atoms with Gasteiger partial charge in [0.2, 0.25) is 0 Å². The lowest BCUT2D eigenvalue weighted by molar-refractivity contribution is 0.112. The largest absolute Gasteiger partial charge is 0.493 e. The molecule has 0 aliphatic carbocycles. The van der Waals surface area contributed by atoms with E-state index in [2.05, 4.69) is 28.8 Å². The second kappa shape index (κ2) is 8.09. The first-order valence-corrected chi connectivity index (χ1v) is 9.70. The highest BCUT2D eigenvalue weighted by atomic mass is 35.5. The molecule has 0 unspecified atom stereocenters. The number of hydrogen-bond acceptors (Lipinski definition) is 5. The minimum Gasteiger partial charge on any atom is -0.493 e. The quantitative estimate of drug-likeness (QED) is 0.418. The van der Waals surface area contributed by atoms with Gasteiger partial charge in [0.25, 0.3) is 0 Å². The lowest BCUT2D eigenvalue weighted by atomic mass is 10.1. The molecule has 0 bridgehead atoms. The van der Waals surface area contributed by atoms with Crippen LogP contribution in [-0.4, -0.2) is 27.8 Å². The Kier molecular flexibility index (Phi) is 5.36. The summed E-state index contributed by atoms with van der Waals surface area (Å²) in [5, 5.41) is 0.631. The van der Waals surface area contributed by atoms with E-state index in [1.54, 1.807) is 24.5 Å². The summed E-state index contributed by atoms with van der Waals surface area (Å²) >= 11 is 6.17. The van der Waals surface area contributed by atoms with Gasteiger partial charge in [-0.15, -0.1) is 0 Å². The maximum Gasteiger partial charge on any atom is 0.199 e. The van der Waals surface area contributed by atoms with E-state index in [1.807, 2.05) is 18.2 Å². The molecule has 0 atom stereocenters. The van der Waals surface area contributed by atoms with Crippen molar-refractivity contribution in [1.29, 1.82) is 0 Å². The van der Waals surface area contributed by atoms with Crippen LogP contribution in [0.15, 0.2) is 47.1 Å². The van der Waals surface area contributed by atoms with Crippen LogP contribution in [0.1, 0.15) is 35.7 Å². The van der Waals surface area contributed by atoms with Gasteiger partial charge in [-0.05, 0) is 42.3 Å². The number of H-pyrrole nitrogens is 1. The predicted octanol–water partition coefficient (Wildman–Crippen LogP) is 5.31. The second-order valence-electron chi connectivity index (χ2n) is 7.24. The summed E-state index contributed by atoms with van der Waals surface area (Å²) in [5.41, 5.74) is 3.62. The van der Waals surface area contributed by atoms with Crippen LogP contribution in [0, 0.1) is 5.92 Å². The highest BCUT2D eigenvalue weighted by Gasteiger charge is 2.14. The third-order valence-electron chi connectivity index (χ3n) is 4.37. The van der Waals surface area contributed by atoms with Gasteiger partial charge >= 0.3 is 0 Å². The van der Waals surface area contributed by atoms with Gasteiger partial charge in [0.15, 0.2) is 11.7 Å². The van der Waals surface area contributed by atoms with Gasteiger partial charge in [-0.3, -0.25) is 4.79 Å². The molecule has 4 aromatic rings. The molecular formula is C22H20ClN3O3. The molecule has 1 N–H and O–H groups in total. The van der Waals surface area contributed by atoms with Crippen molar-refractivity contribution < 1.29 is 13.9 Å². The number of aromatic nitrogens is 3. The molecule has 6 nitrogen and oxygen atoms in total. The Morgan fingerprint density at radius 1 is 1.21 bits per heavy atom. The Hall–Kier alpha value is -3.12. The highest BCUT2D eigenvalue weighted by Crippen LogP contribution is 2.27. The van der Waals surface area contributed by atoms with Gasteiger partial charge < -0.3 is 14.1 Å². The van der Waals surface area contributed by atoms with E-state index < -0.39 is 0 Å². The first kappa shape index (κ1) is 19.2. The Morgan fingerprint density at radius 2 is 2.07 bits per heavy atom. The van der Waals surface area contributed by atoms with Crippen molar-refractivity contribution in [3.05, 3.63) is 64.7 Å². The van der Waals surface area contributed by atoms with E-state index in [1.165, 1.54) is 0 Å². The first-order chi connectivity index (χ1) is 14.0. The van der Waals surface area contributed by atoms with Gasteiger partial charge in [-0.2, -0.15) is 0 Å². The maximum absolute atomic E-state index is 11.0. The van der Waals surface area contributed by atoms with Crippen molar-refractivity contribution in [2.45, 2.75) is 20.3 Å². The average Bonchev–Trinajstić information content (AvgIpc) is 3.33. The van der Waals surface area contributed by atoms with Crippen molar-refractivity contribution in [3.8, 4) is 17.3 Å². The number of carbonyl (C=O) groups excluding carboxylic acids is 1. The molecule has 2 heterocycles.